The number of hydrogen-bond acceptors (Lipinski definition) is 3. The molecule has 0 unspecified atom stereocenters. The van der Waals surface area contributed by atoms with Gasteiger partial charge in [0.1, 0.15) is 11.8 Å². The summed E-state index contributed by atoms with van der Waals surface area (Å²) < 4.78 is 5.80. The maximum absolute atomic E-state index is 11.2. The minimum absolute atomic E-state index is 0.0334. The van der Waals surface area contributed by atoms with Crippen LogP contribution in [-0.2, 0) is 0 Å². The van der Waals surface area contributed by atoms with E-state index in [0.717, 1.165) is 12.8 Å². The Morgan fingerprint density at radius 2 is 2.12 bits per heavy atom. The van der Waals surface area contributed by atoms with Gasteiger partial charge in [0, 0.05) is 5.56 Å². The molecule has 88 valence electrons. The van der Waals surface area contributed by atoms with Gasteiger partial charge < -0.3 is 4.74 Å². The summed E-state index contributed by atoms with van der Waals surface area (Å²) in [6.45, 7) is 1.49. The van der Waals surface area contributed by atoms with Gasteiger partial charge in [-0.05, 0) is 50.8 Å². The van der Waals surface area contributed by atoms with E-state index in [9.17, 15) is 4.79 Å². The van der Waals surface area contributed by atoms with Gasteiger partial charge in [0.15, 0.2) is 5.78 Å². The van der Waals surface area contributed by atoms with Crippen molar-refractivity contribution in [2.45, 2.75) is 38.7 Å². The second kappa shape index (κ2) is 5.01. The highest BCUT2D eigenvalue weighted by molar-refractivity contribution is 5.94. The van der Waals surface area contributed by atoms with E-state index >= 15 is 0 Å². The average Bonchev–Trinajstić information content (AvgIpc) is 2.82. The Balaban J connectivity index is 2.22. The zero-order valence-corrected chi connectivity index (χ0v) is 9.90. The van der Waals surface area contributed by atoms with Gasteiger partial charge in [0.25, 0.3) is 0 Å². The van der Waals surface area contributed by atoms with E-state index in [4.69, 9.17) is 10.00 Å². The third kappa shape index (κ3) is 2.65. The second-order valence-electron chi connectivity index (χ2n) is 4.40. The molecule has 0 atom stereocenters. The molecule has 0 amide bonds. The van der Waals surface area contributed by atoms with Crippen molar-refractivity contribution in [3.05, 3.63) is 29.3 Å². The minimum Gasteiger partial charge on any atom is -0.489 e. The Hall–Kier alpha value is -1.82. The van der Waals surface area contributed by atoms with Crippen molar-refractivity contribution < 1.29 is 9.53 Å². The number of nitriles is 1. The molecule has 0 heterocycles. The fourth-order valence-electron chi connectivity index (χ4n) is 2.12. The van der Waals surface area contributed by atoms with Crippen molar-refractivity contribution in [3.8, 4) is 11.8 Å². The van der Waals surface area contributed by atoms with Gasteiger partial charge in [-0.3, -0.25) is 4.79 Å². The number of nitrogens with zero attached hydrogens (tertiary/aromatic N) is 1. The van der Waals surface area contributed by atoms with Crippen molar-refractivity contribution in [3.63, 3.8) is 0 Å². The van der Waals surface area contributed by atoms with Crippen LogP contribution < -0.4 is 4.74 Å². The van der Waals surface area contributed by atoms with Crippen molar-refractivity contribution in [2.24, 2.45) is 0 Å². The molecule has 0 aliphatic heterocycles. The Morgan fingerprint density at radius 3 is 2.71 bits per heavy atom. The van der Waals surface area contributed by atoms with Gasteiger partial charge in [-0.2, -0.15) is 5.26 Å². The van der Waals surface area contributed by atoms with Crippen LogP contribution in [0.5, 0.6) is 5.75 Å². The smallest absolute Gasteiger partial charge is 0.159 e. The second-order valence-corrected chi connectivity index (χ2v) is 4.40. The molecule has 1 fully saturated rings. The molecule has 0 radical (unpaired) electrons. The van der Waals surface area contributed by atoms with Crippen LogP contribution in [-0.4, -0.2) is 11.9 Å². The van der Waals surface area contributed by atoms with Crippen LogP contribution in [0.4, 0.5) is 0 Å². The number of benzene rings is 1. The molecule has 0 spiro atoms. The topological polar surface area (TPSA) is 50.1 Å². The predicted molar refractivity (Wildman–Crippen MR) is 64.0 cm³/mol. The van der Waals surface area contributed by atoms with Crippen molar-refractivity contribution in [1.82, 2.24) is 0 Å². The first-order valence-corrected chi connectivity index (χ1v) is 5.92. The molecule has 1 aromatic carbocycles. The van der Waals surface area contributed by atoms with Crippen molar-refractivity contribution in [1.29, 1.82) is 5.26 Å². The third-order valence-electron chi connectivity index (χ3n) is 3.10. The number of carbonyl (C=O) groups is 1. The maximum Gasteiger partial charge on any atom is 0.159 e. The molecule has 0 aromatic heterocycles. The van der Waals surface area contributed by atoms with Gasteiger partial charge in [0.05, 0.1) is 11.7 Å². The van der Waals surface area contributed by atoms with E-state index in [1.54, 1.807) is 18.2 Å². The number of ether oxygens (including phenoxy) is 1. The van der Waals surface area contributed by atoms with E-state index in [-0.39, 0.29) is 11.9 Å². The van der Waals surface area contributed by atoms with Crippen LogP contribution in [0.25, 0.3) is 0 Å². The molecule has 1 aromatic rings. The summed E-state index contributed by atoms with van der Waals surface area (Å²) in [4.78, 5) is 11.2. The van der Waals surface area contributed by atoms with Crippen molar-refractivity contribution >= 4 is 5.78 Å². The van der Waals surface area contributed by atoms with Gasteiger partial charge in [-0.15, -0.1) is 0 Å². The summed E-state index contributed by atoms with van der Waals surface area (Å²) >= 11 is 0. The van der Waals surface area contributed by atoms with Gasteiger partial charge in [0.2, 0.25) is 0 Å². The van der Waals surface area contributed by atoms with Gasteiger partial charge >= 0.3 is 0 Å². The highest BCUT2D eigenvalue weighted by atomic mass is 16.5. The van der Waals surface area contributed by atoms with Gasteiger partial charge in [-0.25, -0.2) is 0 Å². The first-order valence-electron chi connectivity index (χ1n) is 5.92. The Morgan fingerprint density at radius 1 is 1.41 bits per heavy atom. The largest absolute Gasteiger partial charge is 0.489 e. The van der Waals surface area contributed by atoms with E-state index in [1.165, 1.54) is 19.8 Å². The molecule has 1 saturated carbocycles. The summed E-state index contributed by atoms with van der Waals surface area (Å²) in [5.74, 6) is 0.568. The summed E-state index contributed by atoms with van der Waals surface area (Å²) in [6.07, 6.45) is 4.72. The van der Waals surface area contributed by atoms with Crippen molar-refractivity contribution in [2.75, 3.05) is 0 Å². The number of ketones is 1. The molecule has 1 aliphatic rings. The Kier molecular flexibility index (Phi) is 3.43. The van der Waals surface area contributed by atoms with Crippen LogP contribution in [0, 0.1) is 11.3 Å². The molecule has 2 rings (SSSR count). The molecule has 0 N–H and O–H groups in total. The summed E-state index contributed by atoms with van der Waals surface area (Å²) in [6, 6.07) is 7.14. The fraction of sp³-hybridized carbons (Fsp3) is 0.429. The van der Waals surface area contributed by atoms with E-state index < -0.39 is 0 Å². The Bertz CT molecular complexity index is 468. The quantitative estimate of drug-likeness (QED) is 0.748. The third-order valence-corrected chi connectivity index (χ3v) is 3.10. The van der Waals surface area contributed by atoms with E-state index in [1.807, 2.05) is 0 Å². The normalized spacial score (nSPS) is 15.5. The van der Waals surface area contributed by atoms with Crippen LogP contribution in [0.15, 0.2) is 18.2 Å². The zero-order valence-electron chi connectivity index (χ0n) is 9.90. The lowest BCUT2D eigenvalue weighted by molar-refractivity contribution is 0.101. The predicted octanol–water partition coefficient (Wildman–Crippen LogP) is 3.08. The first-order chi connectivity index (χ1) is 8.20. The van der Waals surface area contributed by atoms with Crippen LogP contribution >= 0.6 is 0 Å². The fourth-order valence-corrected chi connectivity index (χ4v) is 2.12. The molecular weight excluding hydrogens is 214 g/mol. The summed E-state index contributed by atoms with van der Waals surface area (Å²) in [7, 11) is 0. The number of carbonyl (C=O) groups excluding carboxylic acids is 1. The molecule has 3 heteroatoms. The maximum atomic E-state index is 11.2. The standard InChI is InChI=1S/C14H15NO2/c1-10(16)11-6-7-14(12(8-11)9-15)17-13-4-2-3-5-13/h6-8,13H,2-5H2,1H3. The van der Waals surface area contributed by atoms with Crippen LogP contribution in [0.2, 0.25) is 0 Å². The average molecular weight is 229 g/mol. The van der Waals surface area contributed by atoms with Gasteiger partial charge in [-0.1, -0.05) is 0 Å². The van der Waals surface area contributed by atoms with E-state index in [0.29, 0.717) is 16.9 Å². The highest BCUT2D eigenvalue weighted by Gasteiger charge is 2.18. The molecule has 17 heavy (non-hydrogen) atoms. The zero-order chi connectivity index (χ0) is 12.3. The van der Waals surface area contributed by atoms with E-state index in [2.05, 4.69) is 6.07 Å². The first kappa shape index (κ1) is 11.7. The minimum atomic E-state index is -0.0334. The molecule has 3 nitrogen and oxygen atoms in total. The Labute approximate surface area is 101 Å². The lowest BCUT2D eigenvalue weighted by Crippen LogP contribution is -2.12. The number of rotatable bonds is 3. The lowest BCUT2D eigenvalue weighted by Gasteiger charge is -2.14. The molecular formula is C14H15NO2. The molecule has 0 saturated heterocycles. The lowest BCUT2D eigenvalue weighted by atomic mass is 10.1. The summed E-state index contributed by atoms with van der Waals surface area (Å²) in [5.41, 5.74) is 1.00. The monoisotopic (exact) mass is 229 g/mol. The summed E-state index contributed by atoms with van der Waals surface area (Å²) in [5, 5.41) is 9.06. The highest BCUT2D eigenvalue weighted by Crippen LogP contribution is 2.27. The van der Waals surface area contributed by atoms with Crippen LogP contribution in [0.3, 0.4) is 0 Å². The molecule has 1 aliphatic carbocycles. The number of hydrogen-bond donors (Lipinski definition) is 0. The SMILES string of the molecule is CC(=O)c1ccc(OC2CCCC2)c(C#N)c1. The number of Topliss-reactive ketones (excluding diaryl/α,β-unsaturated/α-hetero) is 1. The van der Waals surface area contributed by atoms with Crippen LogP contribution in [0.1, 0.15) is 48.5 Å². The molecule has 0 bridgehead atoms.